The number of unbranched alkanes of at least 4 members (excludes halogenated alkanes) is 4. The van der Waals surface area contributed by atoms with Crippen molar-refractivity contribution in [2.45, 2.75) is 70.8 Å². The Balaban J connectivity index is 3.65. The smallest absolute Gasteiger partial charge is 0.303 e. The fourth-order valence-electron chi connectivity index (χ4n) is 1.96. The molecule has 0 heterocycles. The quantitative estimate of drug-likeness (QED) is 0.202. The lowest BCUT2D eigenvalue weighted by molar-refractivity contribution is -0.264. The Morgan fingerprint density at radius 1 is 1.05 bits per heavy atom. The van der Waals surface area contributed by atoms with Gasteiger partial charge in [-0.1, -0.05) is 56.2 Å². The third-order valence-electron chi connectivity index (χ3n) is 3.21. The van der Waals surface area contributed by atoms with E-state index < -0.39 is 5.97 Å². The lowest BCUT2D eigenvalue weighted by Gasteiger charge is -2.05. The van der Waals surface area contributed by atoms with Crippen LogP contribution in [0, 0.1) is 0 Å². The van der Waals surface area contributed by atoms with E-state index in [1.165, 1.54) is 0 Å². The molecule has 0 saturated heterocycles. The van der Waals surface area contributed by atoms with Crippen molar-refractivity contribution in [1.29, 1.82) is 0 Å². The van der Waals surface area contributed by atoms with Gasteiger partial charge in [0.15, 0.2) is 0 Å². The second-order valence-corrected chi connectivity index (χ2v) is 5.24. The van der Waals surface area contributed by atoms with Gasteiger partial charge in [-0.2, -0.15) is 0 Å². The standard InChI is InChI=1S/C18H30O4/c1-2-3-4-5-8-11-14-17(22-21)15-12-9-6-7-10-13-16-18(19)20/h3-4,8,11-12,15,17,21H,2,5-7,9-10,13-14,16H2,1H3,(H,19,20)/b4-3-,11-8-,15-12+. The van der Waals surface area contributed by atoms with E-state index in [0.29, 0.717) is 6.42 Å². The fraction of sp³-hybridized carbons (Fsp3) is 0.611. The topological polar surface area (TPSA) is 66.8 Å². The summed E-state index contributed by atoms with van der Waals surface area (Å²) in [5.74, 6) is -0.721. The van der Waals surface area contributed by atoms with Gasteiger partial charge in [0.25, 0.3) is 0 Å². The van der Waals surface area contributed by atoms with Crippen LogP contribution in [0.5, 0.6) is 0 Å². The predicted octanol–water partition coefficient (Wildman–Crippen LogP) is 5.13. The molecule has 0 amide bonds. The van der Waals surface area contributed by atoms with E-state index >= 15 is 0 Å². The van der Waals surface area contributed by atoms with Crippen molar-refractivity contribution in [1.82, 2.24) is 0 Å². The molecule has 0 aromatic carbocycles. The largest absolute Gasteiger partial charge is 0.481 e. The molecule has 4 heteroatoms. The predicted molar refractivity (Wildman–Crippen MR) is 89.8 cm³/mol. The molecule has 0 bridgehead atoms. The van der Waals surface area contributed by atoms with E-state index in [4.69, 9.17) is 10.4 Å². The van der Waals surface area contributed by atoms with Crippen LogP contribution in [0.15, 0.2) is 36.5 Å². The van der Waals surface area contributed by atoms with Crippen molar-refractivity contribution in [3.05, 3.63) is 36.5 Å². The average molecular weight is 310 g/mol. The van der Waals surface area contributed by atoms with Crippen LogP contribution in [0.2, 0.25) is 0 Å². The van der Waals surface area contributed by atoms with Gasteiger partial charge in [-0.05, 0) is 38.5 Å². The van der Waals surface area contributed by atoms with Crippen LogP contribution in [0.1, 0.15) is 64.7 Å². The zero-order chi connectivity index (χ0) is 16.5. The van der Waals surface area contributed by atoms with Crippen LogP contribution in [-0.2, 0) is 9.68 Å². The van der Waals surface area contributed by atoms with E-state index in [2.05, 4.69) is 30.0 Å². The minimum atomic E-state index is -0.721. The van der Waals surface area contributed by atoms with Crippen LogP contribution in [-0.4, -0.2) is 22.4 Å². The summed E-state index contributed by atoms with van der Waals surface area (Å²) in [6.45, 7) is 2.10. The zero-order valence-electron chi connectivity index (χ0n) is 13.6. The first-order valence-corrected chi connectivity index (χ1v) is 8.19. The molecule has 126 valence electrons. The van der Waals surface area contributed by atoms with Gasteiger partial charge in [0.1, 0.15) is 6.10 Å². The third-order valence-corrected chi connectivity index (χ3v) is 3.21. The molecule has 1 atom stereocenters. The lowest BCUT2D eigenvalue weighted by Crippen LogP contribution is -2.05. The minimum Gasteiger partial charge on any atom is -0.481 e. The summed E-state index contributed by atoms with van der Waals surface area (Å²) in [6.07, 6.45) is 19.5. The van der Waals surface area contributed by atoms with Crippen molar-refractivity contribution in [3.8, 4) is 0 Å². The number of hydrogen-bond donors (Lipinski definition) is 2. The molecule has 0 radical (unpaired) electrons. The monoisotopic (exact) mass is 310 g/mol. The van der Waals surface area contributed by atoms with Crippen LogP contribution in [0.3, 0.4) is 0 Å². The molecule has 0 saturated carbocycles. The molecule has 22 heavy (non-hydrogen) atoms. The highest BCUT2D eigenvalue weighted by Gasteiger charge is 2.00. The van der Waals surface area contributed by atoms with E-state index in [-0.39, 0.29) is 12.5 Å². The summed E-state index contributed by atoms with van der Waals surface area (Å²) in [5, 5.41) is 17.4. The maximum Gasteiger partial charge on any atom is 0.303 e. The van der Waals surface area contributed by atoms with Crippen molar-refractivity contribution >= 4 is 5.97 Å². The molecule has 0 aliphatic carbocycles. The molecule has 0 fully saturated rings. The Hall–Kier alpha value is -1.39. The summed E-state index contributed by atoms with van der Waals surface area (Å²) in [6, 6.07) is 0. The number of carboxylic acids is 1. The van der Waals surface area contributed by atoms with Gasteiger partial charge >= 0.3 is 5.97 Å². The van der Waals surface area contributed by atoms with Crippen molar-refractivity contribution in [2.24, 2.45) is 0 Å². The van der Waals surface area contributed by atoms with E-state index in [0.717, 1.165) is 44.9 Å². The van der Waals surface area contributed by atoms with Crippen molar-refractivity contribution in [2.75, 3.05) is 0 Å². The first kappa shape index (κ1) is 20.6. The van der Waals surface area contributed by atoms with Crippen LogP contribution < -0.4 is 0 Å². The van der Waals surface area contributed by atoms with Crippen LogP contribution in [0.4, 0.5) is 0 Å². The molecule has 0 aromatic rings. The number of allylic oxidation sites excluding steroid dienone is 4. The van der Waals surface area contributed by atoms with E-state index in [9.17, 15) is 4.79 Å². The number of carbonyl (C=O) groups is 1. The van der Waals surface area contributed by atoms with Gasteiger partial charge in [0.2, 0.25) is 0 Å². The normalized spacial score (nSPS) is 13.5. The van der Waals surface area contributed by atoms with E-state index in [1.807, 2.05) is 18.2 Å². The fourth-order valence-corrected chi connectivity index (χ4v) is 1.96. The summed E-state index contributed by atoms with van der Waals surface area (Å²) in [7, 11) is 0. The minimum absolute atomic E-state index is 0.260. The maximum absolute atomic E-state index is 10.3. The molecule has 4 nitrogen and oxygen atoms in total. The summed E-state index contributed by atoms with van der Waals surface area (Å²) < 4.78 is 0. The summed E-state index contributed by atoms with van der Waals surface area (Å²) in [4.78, 5) is 14.8. The molecular weight excluding hydrogens is 280 g/mol. The Kier molecular flexibility index (Phi) is 15.0. The second-order valence-electron chi connectivity index (χ2n) is 5.24. The van der Waals surface area contributed by atoms with Gasteiger partial charge in [0, 0.05) is 6.42 Å². The summed E-state index contributed by atoms with van der Waals surface area (Å²) >= 11 is 0. The molecule has 0 aromatic heterocycles. The van der Waals surface area contributed by atoms with Gasteiger partial charge in [-0.3, -0.25) is 10.1 Å². The van der Waals surface area contributed by atoms with Gasteiger partial charge in [0.05, 0.1) is 0 Å². The lowest BCUT2D eigenvalue weighted by atomic mass is 10.1. The first-order chi connectivity index (χ1) is 10.7. The van der Waals surface area contributed by atoms with Crippen molar-refractivity contribution in [3.63, 3.8) is 0 Å². The molecule has 0 rings (SSSR count). The molecular formula is C18H30O4. The Morgan fingerprint density at radius 3 is 2.45 bits per heavy atom. The average Bonchev–Trinajstić information content (AvgIpc) is 2.50. The number of hydrogen-bond acceptors (Lipinski definition) is 3. The van der Waals surface area contributed by atoms with Gasteiger partial charge in [-0.15, -0.1) is 0 Å². The third kappa shape index (κ3) is 15.0. The number of carboxylic acid groups (broad SMARTS) is 1. The molecule has 0 aliphatic rings. The summed E-state index contributed by atoms with van der Waals surface area (Å²) in [5.41, 5.74) is 0. The molecule has 0 aliphatic heterocycles. The Morgan fingerprint density at radius 2 is 1.77 bits per heavy atom. The van der Waals surface area contributed by atoms with Crippen molar-refractivity contribution < 1.29 is 20.0 Å². The number of aliphatic carboxylic acids is 1. The first-order valence-electron chi connectivity index (χ1n) is 8.19. The highest BCUT2D eigenvalue weighted by Crippen LogP contribution is 2.08. The molecule has 1 unspecified atom stereocenters. The SMILES string of the molecule is CC/C=C\C/C=C\CC(/C=C/CCCCCCC(=O)O)OO. The highest BCUT2D eigenvalue weighted by atomic mass is 17.1. The molecule has 0 spiro atoms. The molecule has 2 N–H and O–H groups in total. The maximum atomic E-state index is 10.3. The number of rotatable bonds is 14. The Labute approximate surface area is 134 Å². The second kappa shape index (κ2) is 16.0. The van der Waals surface area contributed by atoms with Gasteiger partial charge < -0.3 is 5.11 Å². The van der Waals surface area contributed by atoms with Gasteiger partial charge in [-0.25, -0.2) is 4.89 Å². The highest BCUT2D eigenvalue weighted by molar-refractivity contribution is 5.66. The zero-order valence-corrected chi connectivity index (χ0v) is 13.6. The van der Waals surface area contributed by atoms with E-state index in [1.54, 1.807) is 0 Å². The van der Waals surface area contributed by atoms with Crippen LogP contribution >= 0.6 is 0 Å². The van der Waals surface area contributed by atoms with Crippen LogP contribution in [0.25, 0.3) is 0 Å². The Bertz CT molecular complexity index is 345.